The molecule has 4 aromatic rings. The Hall–Kier alpha value is -4.45. The molecule has 1 unspecified atom stereocenters. The van der Waals surface area contributed by atoms with Crippen LogP contribution in [0, 0.1) is 11.6 Å². The third kappa shape index (κ3) is 4.24. The van der Waals surface area contributed by atoms with Gasteiger partial charge in [-0.3, -0.25) is 14.3 Å². The molecule has 204 valence electrons. The van der Waals surface area contributed by atoms with Crippen LogP contribution < -0.4 is 15.4 Å². The van der Waals surface area contributed by atoms with Crippen LogP contribution in [0.3, 0.4) is 0 Å². The zero-order chi connectivity index (χ0) is 28.5. The summed E-state index contributed by atoms with van der Waals surface area (Å²) in [5, 5.41) is 9.68. The van der Waals surface area contributed by atoms with Crippen molar-refractivity contribution in [2.45, 2.75) is 18.8 Å². The van der Waals surface area contributed by atoms with Crippen LogP contribution in [0.1, 0.15) is 49.1 Å². The van der Waals surface area contributed by atoms with Crippen molar-refractivity contribution >= 4 is 29.1 Å². The van der Waals surface area contributed by atoms with Gasteiger partial charge in [-0.15, -0.1) is 0 Å². The van der Waals surface area contributed by atoms with E-state index in [4.69, 9.17) is 16.3 Å². The second-order valence-corrected chi connectivity index (χ2v) is 9.70. The minimum absolute atomic E-state index is 0.000510. The summed E-state index contributed by atoms with van der Waals surface area (Å²) < 4.78 is 75.6. The number of carbonyl (C=O) groups excluding carboxylic acids is 2. The average molecular weight is 575 g/mol. The molecule has 7 nitrogen and oxygen atoms in total. The fourth-order valence-corrected chi connectivity index (χ4v) is 5.21. The molecule has 3 heterocycles. The lowest BCUT2D eigenvalue weighted by Gasteiger charge is -2.23. The van der Waals surface area contributed by atoms with E-state index in [1.807, 2.05) is 0 Å². The predicted octanol–water partition coefficient (Wildman–Crippen LogP) is 6.02. The Bertz CT molecular complexity index is 1750. The summed E-state index contributed by atoms with van der Waals surface area (Å²) in [6.07, 6.45) is -3.21. The highest BCUT2D eigenvalue weighted by Gasteiger charge is 2.40. The van der Waals surface area contributed by atoms with Gasteiger partial charge in [0.1, 0.15) is 29.7 Å². The molecule has 0 spiro atoms. The highest BCUT2D eigenvalue weighted by atomic mass is 35.5. The van der Waals surface area contributed by atoms with Gasteiger partial charge in [-0.25, -0.2) is 8.78 Å². The number of nitrogens with zero attached hydrogens (tertiary/aromatic N) is 2. The highest BCUT2D eigenvalue weighted by molar-refractivity contribution is 6.31. The van der Waals surface area contributed by atoms with Crippen LogP contribution in [0.4, 0.5) is 27.6 Å². The van der Waals surface area contributed by atoms with Crippen molar-refractivity contribution < 1.29 is 36.3 Å². The fourth-order valence-electron chi connectivity index (χ4n) is 4.99. The van der Waals surface area contributed by atoms with Crippen molar-refractivity contribution in [2.75, 3.05) is 5.32 Å². The summed E-state index contributed by atoms with van der Waals surface area (Å²) >= 11 is 6.34. The number of benzene rings is 3. The summed E-state index contributed by atoms with van der Waals surface area (Å²) in [7, 11) is 1.69. The molecule has 2 amide bonds. The van der Waals surface area contributed by atoms with Gasteiger partial charge < -0.3 is 15.4 Å². The van der Waals surface area contributed by atoms with E-state index in [0.29, 0.717) is 29.0 Å². The zero-order valence-electron chi connectivity index (χ0n) is 20.3. The molecule has 0 aliphatic carbocycles. The minimum atomic E-state index is -4.90. The maximum Gasteiger partial charge on any atom is 0.416 e. The Labute approximate surface area is 227 Å². The van der Waals surface area contributed by atoms with E-state index in [9.17, 15) is 31.5 Å². The van der Waals surface area contributed by atoms with Crippen LogP contribution in [0.25, 0.3) is 11.1 Å². The lowest BCUT2D eigenvalue weighted by atomic mass is 9.90. The van der Waals surface area contributed by atoms with Gasteiger partial charge in [0.05, 0.1) is 17.2 Å². The number of hydrogen-bond donors (Lipinski definition) is 2. The second kappa shape index (κ2) is 9.05. The molecule has 40 heavy (non-hydrogen) atoms. The molecule has 6 rings (SSSR count). The number of aromatic nitrogens is 2. The number of rotatable bonds is 3. The minimum Gasteiger partial charge on any atom is -0.486 e. The summed E-state index contributed by atoms with van der Waals surface area (Å²) in [5.41, 5.74) is -0.0417. The number of fused-ring (bicyclic) bond motifs is 5. The number of nitrogens with one attached hydrogen (secondary N) is 2. The number of hydrogen-bond acceptors (Lipinski definition) is 4. The van der Waals surface area contributed by atoms with Gasteiger partial charge in [-0.2, -0.15) is 18.3 Å². The molecule has 0 saturated carbocycles. The van der Waals surface area contributed by atoms with Crippen LogP contribution in [-0.2, 0) is 19.8 Å². The SMILES string of the molecule is Cn1cc2c(n1)COc1c-2cc(NC(=O)c2cc(F)cc(C(F)(F)F)c2)c2c1C(=O)NC2c1cc(F)ccc1Cl. The molecule has 1 aromatic heterocycles. The molecule has 2 N–H and O–H groups in total. The van der Waals surface area contributed by atoms with E-state index in [1.165, 1.54) is 16.8 Å². The van der Waals surface area contributed by atoms with Gasteiger partial charge in [0.15, 0.2) is 0 Å². The van der Waals surface area contributed by atoms with Gasteiger partial charge in [-0.05, 0) is 42.5 Å². The number of amides is 2. The lowest BCUT2D eigenvalue weighted by Crippen LogP contribution is -2.21. The average Bonchev–Trinajstić information content (AvgIpc) is 3.44. The molecule has 0 saturated heterocycles. The van der Waals surface area contributed by atoms with Crippen LogP contribution in [0.15, 0.2) is 48.7 Å². The molecular weight excluding hydrogens is 559 g/mol. The van der Waals surface area contributed by atoms with Gasteiger partial charge in [0.25, 0.3) is 11.8 Å². The first-order valence-electron chi connectivity index (χ1n) is 11.7. The first-order chi connectivity index (χ1) is 18.9. The molecule has 3 aromatic carbocycles. The van der Waals surface area contributed by atoms with Gasteiger partial charge >= 0.3 is 6.18 Å². The number of ether oxygens (including phenoxy) is 1. The van der Waals surface area contributed by atoms with Crippen LogP contribution in [0.5, 0.6) is 5.75 Å². The number of anilines is 1. The van der Waals surface area contributed by atoms with Crippen LogP contribution in [0.2, 0.25) is 5.02 Å². The predicted molar refractivity (Wildman–Crippen MR) is 133 cm³/mol. The first-order valence-corrected chi connectivity index (χ1v) is 12.1. The number of aryl methyl sites for hydroxylation is 1. The van der Waals surface area contributed by atoms with E-state index in [0.717, 1.165) is 12.1 Å². The number of carbonyl (C=O) groups is 2. The van der Waals surface area contributed by atoms with E-state index < -0.39 is 46.8 Å². The fraction of sp³-hybridized carbons (Fsp3) is 0.148. The Morgan fingerprint density at radius 2 is 1.90 bits per heavy atom. The summed E-state index contributed by atoms with van der Waals surface area (Å²) in [6, 6.07) is 5.44. The maximum absolute atomic E-state index is 14.2. The Balaban J connectivity index is 1.54. The van der Waals surface area contributed by atoms with Crippen molar-refractivity contribution in [3.05, 3.63) is 98.8 Å². The quantitative estimate of drug-likeness (QED) is 0.293. The third-order valence-electron chi connectivity index (χ3n) is 6.66. The molecule has 2 aliphatic rings. The van der Waals surface area contributed by atoms with Crippen LogP contribution >= 0.6 is 11.6 Å². The molecule has 13 heteroatoms. The van der Waals surface area contributed by atoms with Crippen molar-refractivity contribution in [2.24, 2.45) is 7.05 Å². The maximum atomic E-state index is 14.2. The Kier molecular flexibility index (Phi) is 5.84. The van der Waals surface area contributed by atoms with Gasteiger partial charge in [-0.1, -0.05) is 11.6 Å². The normalized spacial score (nSPS) is 15.6. The van der Waals surface area contributed by atoms with E-state index in [2.05, 4.69) is 15.7 Å². The van der Waals surface area contributed by atoms with E-state index >= 15 is 0 Å². The number of alkyl halides is 3. The van der Waals surface area contributed by atoms with E-state index in [1.54, 1.807) is 13.2 Å². The second-order valence-electron chi connectivity index (χ2n) is 9.29. The van der Waals surface area contributed by atoms with Crippen molar-refractivity contribution in [1.29, 1.82) is 0 Å². The topological polar surface area (TPSA) is 85.2 Å². The molecule has 1 atom stereocenters. The van der Waals surface area contributed by atoms with Gasteiger partial charge in [0.2, 0.25) is 0 Å². The summed E-state index contributed by atoms with van der Waals surface area (Å²) in [4.78, 5) is 26.5. The zero-order valence-corrected chi connectivity index (χ0v) is 21.0. The molecular formula is C27H16ClF5N4O3. The first kappa shape index (κ1) is 25.8. The molecule has 0 bridgehead atoms. The Morgan fingerprint density at radius 3 is 2.65 bits per heavy atom. The molecule has 0 radical (unpaired) electrons. The standard InChI is InChI=1S/C27H16ClF5N4O3/c1-37-9-17-15-8-19(34-25(38)11-4-12(27(31,32)33)6-14(30)5-11)21-22(24(15)40-10-20(17)36-37)26(39)35-23(21)16-7-13(29)2-3-18(16)28/h2-9,23H,10H2,1H3,(H,34,38)(H,35,39). The van der Waals surface area contributed by atoms with Gasteiger partial charge in [0, 0.05) is 51.8 Å². The Morgan fingerprint density at radius 1 is 1.12 bits per heavy atom. The lowest BCUT2D eigenvalue weighted by molar-refractivity contribution is -0.137. The van der Waals surface area contributed by atoms with Crippen molar-refractivity contribution in [3.63, 3.8) is 0 Å². The highest BCUT2D eigenvalue weighted by Crippen LogP contribution is 2.49. The molecule has 2 aliphatic heterocycles. The third-order valence-corrected chi connectivity index (χ3v) is 7.01. The van der Waals surface area contributed by atoms with Crippen LogP contribution in [-0.4, -0.2) is 21.6 Å². The van der Waals surface area contributed by atoms with Crippen molar-refractivity contribution in [3.8, 4) is 16.9 Å². The number of halogens is 6. The smallest absolute Gasteiger partial charge is 0.416 e. The monoisotopic (exact) mass is 574 g/mol. The summed E-state index contributed by atoms with van der Waals surface area (Å²) in [5.74, 6) is -3.39. The van der Waals surface area contributed by atoms with E-state index in [-0.39, 0.29) is 45.8 Å². The molecule has 0 fully saturated rings. The van der Waals surface area contributed by atoms with Crippen molar-refractivity contribution in [1.82, 2.24) is 15.1 Å². The summed E-state index contributed by atoms with van der Waals surface area (Å²) in [6.45, 7) is 0.0451. The largest absolute Gasteiger partial charge is 0.486 e.